The lowest BCUT2D eigenvalue weighted by Gasteiger charge is -2.55. The zero-order valence-electron chi connectivity index (χ0n) is 17.9. The topological polar surface area (TPSA) is 59.1 Å². The highest BCUT2D eigenvalue weighted by Crippen LogP contribution is 2.63. The van der Waals surface area contributed by atoms with Crippen molar-refractivity contribution in [3.8, 4) is 0 Å². The molecule has 0 aromatic rings. The Hall–Kier alpha value is -2.98. The van der Waals surface area contributed by atoms with Gasteiger partial charge in [0.2, 0.25) is 0 Å². The second-order valence-corrected chi connectivity index (χ2v) is 6.21. The van der Waals surface area contributed by atoms with Crippen LogP contribution in [0.1, 0.15) is 0 Å². The molecule has 1 fully saturated rings. The van der Waals surface area contributed by atoms with E-state index in [4.69, 9.17) is 9.15 Å². The maximum atomic E-state index is 14.2. The summed E-state index contributed by atoms with van der Waals surface area (Å²) in [5.74, 6) is -3.22. The Morgan fingerprint density at radius 2 is 1.12 bits per heavy atom. The summed E-state index contributed by atoms with van der Waals surface area (Å²) in [6.07, 6.45) is -13.2. The zero-order chi connectivity index (χ0) is 33.0. The third-order valence-corrected chi connectivity index (χ3v) is 3.92. The van der Waals surface area contributed by atoms with Gasteiger partial charge in [0, 0.05) is 14.9 Å². The highest BCUT2D eigenvalue weighted by molar-refractivity contribution is 5.82. The first kappa shape index (κ1) is 39.2. The molecule has 6 nitrogen and oxygen atoms in total. The third-order valence-electron chi connectivity index (χ3n) is 3.92. The highest BCUT2D eigenvalue weighted by atomic mass is 20.0. The van der Waals surface area contributed by atoms with Crippen LogP contribution in [0.3, 0.4) is 0 Å². The molecule has 0 aromatic heterocycles. The van der Waals surface area contributed by atoms with Crippen molar-refractivity contribution in [2.45, 2.75) is 48.5 Å². The van der Waals surface area contributed by atoms with Crippen molar-refractivity contribution in [3.63, 3.8) is 0 Å². The van der Waals surface area contributed by atoms with E-state index in [1.54, 1.807) is 0 Å². The normalized spacial score (nSPS) is 21.5. The first-order chi connectivity index (χ1) is 17.5. The number of ether oxygens (including phenoxy) is 2. The molecule has 0 radical (unpaired) electrons. The molecule has 0 aromatic carbocycles. The van der Waals surface area contributed by atoms with Crippen LogP contribution in [0.4, 0.5) is 88.2 Å². The lowest BCUT2D eigenvalue weighted by Crippen LogP contribution is -2.86. The molecular formula is C14H6F20N2O4. The molecule has 0 spiro atoms. The Morgan fingerprint density at radius 1 is 0.775 bits per heavy atom. The number of halogens is 20. The number of carbonyl (C=O) groups excluding carboxylic acids is 2. The molecule has 40 heavy (non-hydrogen) atoms. The maximum Gasteiger partial charge on any atom is 0.559 e. The fourth-order valence-corrected chi connectivity index (χ4v) is 2.34. The number of methoxy groups -OCH3 is 1. The van der Waals surface area contributed by atoms with E-state index in [-0.39, 0.29) is 13.4 Å². The monoisotopic (exact) mass is 646 g/mol. The maximum absolute atomic E-state index is 14.2. The molecule has 1 heterocycles. The molecule has 26 heteroatoms. The molecule has 1 atom stereocenters. The average molecular weight is 646 g/mol. The first-order valence-electron chi connectivity index (χ1n) is 8.31. The van der Waals surface area contributed by atoms with Gasteiger partial charge in [-0.15, -0.1) is 27.4 Å². The Bertz CT molecular complexity index is 918. The van der Waals surface area contributed by atoms with Crippen LogP contribution in [0.15, 0.2) is 12.0 Å². The average Bonchev–Trinajstić information content (AvgIpc) is 2.75. The minimum Gasteiger partial charge on any atom is -0.476 e. The van der Waals surface area contributed by atoms with Gasteiger partial charge in [-0.05, 0) is 0 Å². The Labute approximate surface area is 204 Å². The summed E-state index contributed by atoms with van der Waals surface area (Å²) >= 11 is 0. The van der Waals surface area contributed by atoms with Crippen molar-refractivity contribution in [2.24, 2.45) is 0 Å². The van der Waals surface area contributed by atoms with E-state index >= 15 is 0 Å². The van der Waals surface area contributed by atoms with Gasteiger partial charge in [-0.3, -0.25) is 0 Å². The standard InChI is InChI=1S/C13H6F14N2O4.CF4.F2/c1-32-6(31)7(14,8(15,16)17)9(18,19)29-12(24,25)10(20,21)28(5-33-4-2-3-30)11(22,23)13(29,26)27;2-1(3,4)5;1-2/h4H,5H2,1H3;;. The fraction of sp³-hybridized carbons (Fsp3) is 0.714. The summed E-state index contributed by atoms with van der Waals surface area (Å²) in [6, 6.07) is -36.7. The number of carbonyl (C=O) groups is 1. The Kier molecular flexibility index (Phi) is 12.0. The zero-order valence-corrected chi connectivity index (χ0v) is 17.9. The van der Waals surface area contributed by atoms with Crippen LogP contribution in [0.2, 0.25) is 0 Å². The van der Waals surface area contributed by atoms with E-state index in [2.05, 4.69) is 9.47 Å². The number of rotatable bonds is 6. The number of hydrogen-bond donors (Lipinski definition) is 0. The molecule has 236 valence electrons. The largest absolute Gasteiger partial charge is 0.559 e. The van der Waals surface area contributed by atoms with Gasteiger partial charge >= 0.3 is 54.5 Å². The second-order valence-electron chi connectivity index (χ2n) is 6.21. The van der Waals surface area contributed by atoms with Crippen LogP contribution in [0.25, 0.3) is 0 Å². The van der Waals surface area contributed by atoms with Crippen molar-refractivity contribution in [1.29, 1.82) is 0 Å². The Morgan fingerprint density at radius 3 is 1.40 bits per heavy atom. The van der Waals surface area contributed by atoms with Gasteiger partial charge in [-0.25, -0.2) is 14.0 Å². The lowest BCUT2D eigenvalue weighted by atomic mass is 9.98. The van der Waals surface area contributed by atoms with Gasteiger partial charge in [0.1, 0.15) is 6.26 Å². The van der Waals surface area contributed by atoms with E-state index in [1.165, 1.54) is 5.73 Å². The second kappa shape index (κ2) is 12.3. The van der Waals surface area contributed by atoms with Crippen LogP contribution < -0.4 is 0 Å². The summed E-state index contributed by atoms with van der Waals surface area (Å²) in [4.78, 5) is 14.2. The molecule has 0 N–H and O–H groups in total. The number of hydrogen-bond acceptors (Lipinski definition) is 6. The smallest absolute Gasteiger partial charge is 0.476 e. The van der Waals surface area contributed by atoms with Crippen molar-refractivity contribution in [3.05, 3.63) is 12.0 Å². The van der Waals surface area contributed by atoms with E-state index in [9.17, 15) is 88.6 Å². The number of piperazine rings is 1. The summed E-state index contributed by atoms with van der Waals surface area (Å²) in [6.45, 7) is -2.73. The van der Waals surface area contributed by atoms with Crippen molar-refractivity contribution in [1.82, 2.24) is 9.80 Å². The number of alkyl halides is 18. The van der Waals surface area contributed by atoms with Gasteiger partial charge in [-0.1, -0.05) is 0 Å². The Balaban J connectivity index is 0. The van der Waals surface area contributed by atoms with Crippen LogP contribution >= 0.6 is 0 Å². The van der Waals surface area contributed by atoms with E-state index in [0.717, 1.165) is 0 Å². The van der Waals surface area contributed by atoms with Crippen molar-refractivity contribution < 1.29 is 107 Å². The lowest BCUT2D eigenvalue weighted by molar-refractivity contribution is -0.551. The molecule has 0 amide bonds. The molecule has 0 saturated carbocycles. The summed E-state index contributed by atoms with van der Waals surface area (Å²) in [7, 11) is -0.269. The van der Waals surface area contributed by atoms with E-state index in [0.29, 0.717) is 5.94 Å². The molecular weight excluding hydrogens is 640 g/mol. The summed E-state index contributed by atoms with van der Waals surface area (Å²) in [5.41, 5.74) is -6.10. The van der Waals surface area contributed by atoms with Crippen LogP contribution in [-0.2, 0) is 19.1 Å². The van der Waals surface area contributed by atoms with E-state index in [1.807, 2.05) is 0 Å². The first-order valence-corrected chi connectivity index (χ1v) is 8.31. The molecule has 0 bridgehead atoms. The van der Waals surface area contributed by atoms with Crippen LogP contribution in [-0.4, -0.2) is 84.1 Å². The minimum atomic E-state index is -7.84. The molecule has 1 unspecified atom stereocenters. The van der Waals surface area contributed by atoms with Crippen molar-refractivity contribution >= 4 is 11.9 Å². The summed E-state index contributed by atoms with van der Waals surface area (Å²) in [5, 5.41) is 0. The predicted octanol–water partition coefficient (Wildman–Crippen LogP) is 5.80. The quantitative estimate of drug-likeness (QED) is 0.0909. The van der Waals surface area contributed by atoms with Gasteiger partial charge in [0.05, 0.1) is 7.11 Å². The molecule has 1 saturated heterocycles. The SMILES string of the molecule is COC(=O)C(F)(C(F)(F)F)C(F)(F)N1C(F)(F)C(F)(F)N(COC=C=C=O)C(F)(F)C1(F)F.FC(F)(F)F.FF. The highest BCUT2D eigenvalue weighted by Gasteiger charge is 2.94. The van der Waals surface area contributed by atoms with Crippen LogP contribution in [0, 0.1) is 0 Å². The number of esters is 1. The summed E-state index contributed by atoms with van der Waals surface area (Å²) < 4.78 is 255. The molecule has 1 aliphatic rings. The minimum absolute atomic E-state index is 0.246. The van der Waals surface area contributed by atoms with Gasteiger partial charge < -0.3 is 9.47 Å². The predicted molar refractivity (Wildman–Crippen MR) is 79.4 cm³/mol. The van der Waals surface area contributed by atoms with Crippen LogP contribution in [0.5, 0.6) is 0 Å². The van der Waals surface area contributed by atoms with Gasteiger partial charge in [-0.2, -0.15) is 57.1 Å². The van der Waals surface area contributed by atoms with E-state index < -0.39 is 71.0 Å². The molecule has 1 rings (SSSR count). The van der Waals surface area contributed by atoms with Gasteiger partial charge in [0.15, 0.2) is 12.7 Å². The van der Waals surface area contributed by atoms with Crippen molar-refractivity contribution in [2.75, 3.05) is 13.8 Å². The van der Waals surface area contributed by atoms with Gasteiger partial charge in [0.25, 0.3) is 0 Å². The molecule has 0 aliphatic carbocycles. The third kappa shape index (κ3) is 6.83. The molecule has 1 aliphatic heterocycles. The number of nitrogens with zero attached hydrogens (tertiary/aromatic N) is 2. The fourth-order valence-electron chi connectivity index (χ4n) is 2.34.